The zero-order valence-electron chi connectivity index (χ0n) is 7.82. The van der Waals surface area contributed by atoms with Gasteiger partial charge >= 0.3 is 0 Å². The zero-order chi connectivity index (χ0) is 8.93. The first-order chi connectivity index (χ1) is 6.45. The Hall–Kier alpha value is -0.900. The summed E-state index contributed by atoms with van der Waals surface area (Å²) in [6.07, 6.45) is 7.56. The average Bonchev–Trinajstić information content (AvgIpc) is 2.69. The molecule has 4 heteroatoms. The zero-order valence-corrected chi connectivity index (χ0v) is 7.82. The molecule has 0 amide bonds. The van der Waals surface area contributed by atoms with E-state index in [9.17, 15) is 0 Å². The lowest BCUT2D eigenvalue weighted by atomic mass is 9.96. The van der Waals surface area contributed by atoms with Crippen molar-refractivity contribution in [1.29, 1.82) is 0 Å². The smallest absolute Gasteiger partial charge is 0.0692 e. The van der Waals surface area contributed by atoms with Crippen LogP contribution in [-0.2, 0) is 6.54 Å². The summed E-state index contributed by atoms with van der Waals surface area (Å²) in [6, 6.07) is 0. The molecule has 1 N–H and O–H groups in total. The van der Waals surface area contributed by atoms with Crippen molar-refractivity contribution in [3.05, 3.63) is 12.4 Å². The van der Waals surface area contributed by atoms with Crippen LogP contribution >= 0.6 is 0 Å². The van der Waals surface area contributed by atoms with Gasteiger partial charge in [0.15, 0.2) is 0 Å². The van der Waals surface area contributed by atoms with Gasteiger partial charge in [0, 0.05) is 12.7 Å². The summed E-state index contributed by atoms with van der Waals surface area (Å²) >= 11 is 0. The number of aryl methyl sites for hydroxylation is 1. The molecule has 1 unspecified atom stereocenters. The maximum atomic E-state index is 3.95. The lowest BCUT2D eigenvalue weighted by Crippen LogP contribution is -2.30. The van der Waals surface area contributed by atoms with Crippen LogP contribution in [0.25, 0.3) is 0 Å². The number of nitrogens with zero attached hydrogens (tertiary/aromatic N) is 3. The van der Waals surface area contributed by atoms with Gasteiger partial charge < -0.3 is 5.32 Å². The van der Waals surface area contributed by atoms with Crippen LogP contribution in [0.4, 0.5) is 0 Å². The van der Waals surface area contributed by atoms with Crippen LogP contribution in [0.2, 0.25) is 0 Å². The summed E-state index contributed by atoms with van der Waals surface area (Å²) in [6.45, 7) is 3.38. The van der Waals surface area contributed by atoms with E-state index in [0.717, 1.165) is 12.5 Å². The van der Waals surface area contributed by atoms with Crippen LogP contribution < -0.4 is 5.32 Å². The van der Waals surface area contributed by atoms with Gasteiger partial charge in [-0.3, -0.25) is 4.68 Å². The van der Waals surface area contributed by atoms with Gasteiger partial charge in [-0.15, -0.1) is 5.10 Å². The van der Waals surface area contributed by atoms with Crippen molar-refractivity contribution in [2.24, 2.45) is 5.92 Å². The predicted octanol–water partition coefficient (Wildman–Crippen LogP) is 0.668. The second-order valence-electron chi connectivity index (χ2n) is 3.67. The van der Waals surface area contributed by atoms with Crippen molar-refractivity contribution in [2.75, 3.05) is 13.1 Å². The molecule has 1 aliphatic rings. The Labute approximate surface area is 78.3 Å². The Bertz CT molecular complexity index is 226. The minimum absolute atomic E-state index is 0.831. The van der Waals surface area contributed by atoms with E-state index in [1.165, 1.54) is 32.4 Å². The molecule has 1 aliphatic heterocycles. The highest BCUT2D eigenvalue weighted by molar-refractivity contribution is 4.70. The molecule has 2 heterocycles. The summed E-state index contributed by atoms with van der Waals surface area (Å²) < 4.78 is 1.91. The fourth-order valence-electron chi connectivity index (χ4n) is 1.84. The maximum absolute atomic E-state index is 3.95. The van der Waals surface area contributed by atoms with E-state index >= 15 is 0 Å². The molecule has 4 nitrogen and oxygen atoms in total. The van der Waals surface area contributed by atoms with Crippen molar-refractivity contribution >= 4 is 0 Å². The Morgan fingerprint density at radius 3 is 3.23 bits per heavy atom. The molecule has 0 spiro atoms. The molecule has 0 aromatic carbocycles. The van der Waals surface area contributed by atoms with Gasteiger partial charge in [-0.1, -0.05) is 5.21 Å². The summed E-state index contributed by atoms with van der Waals surface area (Å²) in [4.78, 5) is 0. The standard InChI is InChI=1S/C9H16N4/c1-2-9(8-10-4-1)3-6-13-7-5-11-12-13/h5,7,9-10H,1-4,6,8H2. The van der Waals surface area contributed by atoms with Gasteiger partial charge in [-0.2, -0.15) is 0 Å². The summed E-state index contributed by atoms with van der Waals surface area (Å²) in [5.41, 5.74) is 0. The Morgan fingerprint density at radius 2 is 2.54 bits per heavy atom. The van der Waals surface area contributed by atoms with E-state index < -0.39 is 0 Å². The number of aromatic nitrogens is 3. The van der Waals surface area contributed by atoms with E-state index in [1.807, 2.05) is 10.9 Å². The molecule has 1 atom stereocenters. The van der Waals surface area contributed by atoms with Gasteiger partial charge in [-0.25, -0.2) is 0 Å². The second kappa shape index (κ2) is 4.37. The first-order valence-corrected chi connectivity index (χ1v) is 5.00. The third-order valence-electron chi connectivity index (χ3n) is 2.64. The van der Waals surface area contributed by atoms with Crippen molar-refractivity contribution in [3.63, 3.8) is 0 Å². The van der Waals surface area contributed by atoms with Crippen molar-refractivity contribution in [3.8, 4) is 0 Å². The summed E-state index contributed by atoms with van der Waals surface area (Å²) in [5, 5.41) is 11.1. The molecule has 1 aromatic rings. The summed E-state index contributed by atoms with van der Waals surface area (Å²) in [7, 11) is 0. The summed E-state index contributed by atoms with van der Waals surface area (Å²) in [5.74, 6) is 0.831. The van der Waals surface area contributed by atoms with Gasteiger partial charge in [-0.05, 0) is 38.3 Å². The Kier molecular flexibility index (Phi) is 2.92. The number of rotatable bonds is 3. The third-order valence-corrected chi connectivity index (χ3v) is 2.64. The third kappa shape index (κ3) is 2.52. The quantitative estimate of drug-likeness (QED) is 0.743. The highest BCUT2D eigenvalue weighted by atomic mass is 15.4. The normalized spacial score (nSPS) is 23.2. The van der Waals surface area contributed by atoms with E-state index in [4.69, 9.17) is 0 Å². The van der Waals surface area contributed by atoms with Crippen LogP contribution in [-0.4, -0.2) is 28.1 Å². The molecule has 1 aromatic heterocycles. The lowest BCUT2D eigenvalue weighted by molar-refractivity contribution is 0.334. The average molecular weight is 180 g/mol. The van der Waals surface area contributed by atoms with Crippen molar-refractivity contribution < 1.29 is 0 Å². The molecule has 0 radical (unpaired) electrons. The highest BCUT2D eigenvalue weighted by Gasteiger charge is 2.12. The topological polar surface area (TPSA) is 42.7 Å². The van der Waals surface area contributed by atoms with Crippen LogP contribution in [0.3, 0.4) is 0 Å². The molecule has 0 saturated carbocycles. The minimum atomic E-state index is 0.831. The lowest BCUT2D eigenvalue weighted by Gasteiger charge is -2.22. The number of hydrogen-bond acceptors (Lipinski definition) is 3. The molecule has 13 heavy (non-hydrogen) atoms. The van der Waals surface area contributed by atoms with E-state index in [1.54, 1.807) is 6.20 Å². The fourth-order valence-corrected chi connectivity index (χ4v) is 1.84. The molecule has 0 bridgehead atoms. The van der Waals surface area contributed by atoms with Crippen molar-refractivity contribution in [2.45, 2.75) is 25.8 Å². The molecule has 72 valence electrons. The van der Waals surface area contributed by atoms with Crippen LogP contribution in [0.1, 0.15) is 19.3 Å². The first kappa shape index (κ1) is 8.69. The predicted molar refractivity (Wildman–Crippen MR) is 50.2 cm³/mol. The van der Waals surface area contributed by atoms with Gasteiger partial charge in [0.05, 0.1) is 6.20 Å². The van der Waals surface area contributed by atoms with Gasteiger partial charge in [0.25, 0.3) is 0 Å². The molecular formula is C9H16N4. The molecular weight excluding hydrogens is 164 g/mol. The largest absolute Gasteiger partial charge is 0.316 e. The first-order valence-electron chi connectivity index (χ1n) is 5.00. The van der Waals surface area contributed by atoms with Gasteiger partial charge in [0.2, 0.25) is 0 Å². The van der Waals surface area contributed by atoms with Crippen LogP contribution in [0, 0.1) is 5.92 Å². The van der Waals surface area contributed by atoms with Crippen molar-refractivity contribution in [1.82, 2.24) is 20.3 Å². The molecule has 1 fully saturated rings. The fraction of sp³-hybridized carbons (Fsp3) is 0.778. The molecule has 2 rings (SSSR count). The van der Waals surface area contributed by atoms with E-state index in [-0.39, 0.29) is 0 Å². The van der Waals surface area contributed by atoms with Crippen LogP contribution in [0.5, 0.6) is 0 Å². The monoisotopic (exact) mass is 180 g/mol. The van der Waals surface area contributed by atoms with E-state index in [0.29, 0.717) is 0 Å². The minimum Gasteiger partial charge on any atom is -0.316 e. The number of piperidine rings is 1. The van der Waals surface area contributed by atoms with Gasteiger partial charge in [0.1, 0.15) is 0 Å². The molecule has 0 aliphatic carbocycles. The second-order valence-corrected chi connectivity index (χ2v) is 3.67. The van der Waals surface area contributed by atoms with E-state index in [2.05, 4.69) is 15.6 Å². The molecule has 1 saturated heterocycles. The SMILES string of the molecule is c1cn(CCC2CCCNC2)nn1. The maximum Gasteiger partial charge on any atom is 0.0692 e. The number of hydrogen-bond donors (Lipinski definition) is 1. The highest BCUT2D eigenvalue weighted by Crippen LogP contribution is 2.14. The Morgan fingerprint density at radius 1 is 1.54 bits per heavy atom. The van der Waals surface area contributed by atoms with Crippen LogP contribution in [0.15, 0.2) is 12.4 Å². The number of nitrogens with one attached hydrogen (secondary N) is 1. The Balaban J connectivity index is 1.72.